The zero-order valence-corrected chi connectivity index (χ0v) is 7.33. The van der Waals surface area contributed by atoms with Crippen LogP contribution in [0.1, 0.15) is 5.56 Å². The van der Waals surface area contributed by atoms with Gasteiger partial charge in [-0.15, -0.1) is 0 Å². The standard InChI is InChI=1S/C7H4BrF3O/c8-5-3(2-12)1-4(9)6(10)7(5)11/h1,12H,2H2. The SMILES string of the molecule is OCc1cc(F)c(F)c(F)c1Br. The molecule has 12 heavy (non-hydrogen) atoms. The Bertz CT molecular complexity index is 314. The third kappa shape index (κ3) is 1.47. The summed E-state index contributed by atoms with van der Waals surface area (Å²) in [6.45, 7) is -0.547. The van der Waals surface area contributed by atoms with E-state index in [0.717, 1.165) is 6.07 Å². The molecule has 0 unspecified atom stereocenters. The highest BCUT2D eigenvalue weighted by Gasteiger charge is 2.15. The van der Waals surface area contributed by atoms with Gasteiger partial charge in [0.15, 0.2) is 17.5 Å². The van der Waals surface area contributed by atoms with Gasteiger partial charge in [0.05, 0.1) is 11.1 Å². The van der Waals surface area contributed by atoms with E-state index in [1.807, 2.05) is 0 Å². The third-order valence-electron chi connectivity index (χ3n) is 1.35. The molecule has 1 aromatic carbocycles. The highest BCUT2D eigenvalue weighted by atomic mass is 79.9. The molecule has 0 bridgehead atoms. The van der Waals surface area contributed by atoms with Crippen molar-refractivity contribution in [1.82, 2.24) is 0 Å². The number of rotatable bonds is 1. The fourth-order valence-corrected chi connectivity index (χ4v) is 1.15. The summed E-state index contributed by atoms with van der Waals surface area (Å²) in [6, 6.07) is 0.739. The average molecular weight is 241 g/mol. The number of benzene rings is 1. The lowest BCUT2D eigenvalue weighted by Gasteiger charge is -2.03. The van der Waals surface area contributed by atoms with Crippen molar-refractivity contribution in [2.45, 2.75) is 6.61 Å². The van der Waals surface area contributed by atoms with Crippen LogP contribution in [0.2, 0.25) is 0 Å². The van der Waals surface area contributed by atoms with E-state index >= 15 is 0 Å². The lowest BCUT2D eigenvalue weighted by atomic mass is 10.2. The van der Waals surface area contributed by atoms with Crippen LogP contribution >= 0.6 is 15.9 Å². The molecule has 0 saturated heterocycles. The molecule has 0 aliphatic carbocycles. The first kappa shape index (κ1) is 9.54. The fourth-order valence-electron chi connectivity index (χ4n) is 0.737. The fraction of sp³-hybridized carbons (Fsp3) is 0.143. The van der Waals surface area contributed by atoms with E-state index in [0.29, 0.717) is 0 Å². The van der Waals surface area contributed by atoms with Gasteiger partial charge in [-0.1, -0.05) is 0 Å². The van der Waals surface area contributed by atoms with Gasteiger partial charge in [-0.05, 0) is 27.6 Å². The molecular weight excluding hydrogens is 237 g/mol. The van der Waals surface area contributed by atoms with Gasteiger partial charge in [0.1, 0.15) is 0 Å². The van der Waals surface area contributed by atoms with Crippen LogP contribution in [0.5, 0.6) is 0 Å². The molecule has 0 atom stereocenters. The van der Waals surface area contributed by atoms with E-state index in [9.17, 15) is 13.2 Å². The minimum atomic E-state index is -1.54. The quantitative estimate of drug-likeness (QED) is 0.591. The molecule has 1 rings (SSSR count). The van der Waals surface area contributed by atoms with Crippen molar-refractivity contribution >= 4 is 15.9 Å². The van der Waals surface area contributed by atoms with Crippen molar-refractivity contribution in [1.29, 1.82) is 0 Å². The Kier molecular flexibility index (Phi) is 2.74. The Labute approximate surface area is 75.0 Å². The second-order valence-electron chi connectivity index (χ2n) is 2.12. The van der Waals surface area contributed by atoms with Crippen LogP contribution in [0.15, 0.2) is 10.5 Å². The molecule has 1 N–H and O–H groups in total. The zero-order chi connectivity index (χ0) is 9.30. The summed E-state index contributed by atoms with van der Waals surface area (Å²) in [7, 11) is 0. The van der Waals surface area contributed by atoms with Gasteiger partial charge in [-0.3, -0.25) is 0 Å². The van der Waals surface area contributed by atoms with Crippen LogP contribution in [-0.4, -0.2) is 5.11 Å². The summed E-state index contributed by atoms with van der Waals surface area (Å²) >= 11 is 2.68. The van der Waals surface area contributed by atoms with E-state index in [1.54, 1.807) is 0 Å². The normalized spacial score (nSPS) is 10.4. The van der Waals surface area contributed by atoms with Crippen LogP contribution in [0, 0.1) is 17.5 Å². The van der Waals surface area contributed by atoms with E-state index in [4.69, 9.17) is 5.11 Å². The first-order valence-electron chi connectivity index (χ1n) is 3.00. The Morgan fingerprint density at radius 2 is 1.83 bits per heavy atom. The number of hydrogen-bond acceptors (Lipinski definition) is 1. The highest BCUT2D eigenvalue weighted by molar-refractivity contribution is 9.10. The van der Waals surface area contributed by atoms with Crippen molar-refractivity contribution in [2.75, 3.05) is 0 Å². The third-order valence-corrected chi connectivity index (χ3v) is 2.21. The van der Waals surface area contributed by atoms with Crippen LogP contribution in [0.3, 0.4) is 0 Å². The summed E-state index contributed by atoms with van der Waals surface area (Å²) < 4.78 is 37.3. The Morgan fingerprint density at radius 1 is 1.25 bits per heavy atom. The van der Waals surface area contributed by atoms with Crippen LogP contribution in [0.4, 0.5) is 13.2 Å². The predicted octanol–water partition coefficient (Wildman–Crippen LogP) is 2.36. The minimum absolute atomic E-state index is 0.0219. The Morgan fingerprint density at radius 3 is 2.33 bits per heavy atom. The number of aliphatic hydroxyl groups is 1. The van der Waals surface area contributed by atoms with E-state index in [2.05, 4.69) is 15.9 Å². The highest BCUT2D eigenvalue weighted by Crippen LogP contribution is 2.24. The number of aliphatic hydroxyl groups excluding tert-OH is 1. The first-order chi connectivity index (χ1) is 5.57. The maximum atomic E-state index is 12.7. The maximum absolute atomic E-state index is 12.7. The molecular formula is C7H4BrF3O. The van der Waals surface area contributed by atoms with Gasteiger partial charge in [-0.2, -0.15) is 0 Å². The molecule has 0 radical (unpaired) electrons. The molecule has 0 spiro atoms. The molecule has 0 fully saturated rings. The molecule has 0 saturated carbocycles. The molecule has 0 aromatic heterocycles. The van der Waals surface area contributed by atoms with Crippen molar-refractivity contribution in [3.63, 3.8) is 0 Å². The van der Waals surface area contributed by atoms with Crippen molar-refractivity contribution < 1.29 is 18.3 Å². The molecule has 66 valence electrons. The molecule has 1 nitrogen and oxygen atoms in total. The number of halogens is 4. The van der Waals surface area contributed by atoms with Gasteiger partial charge >= 0.3 is 0 Å². The van der Waals surface area contributed by atoms with Crippen molar-refractivity contribution in [3.8, 4) is 0 Å². The lowest BCUT2D eigenvalue weighted by Crippen LogP contribution is -1.97. The van der Waals surface area contributed by atoms with Crippen LogP contribution in [-0.2, 0) is 6.61 Å². The summed E-state index contributed by atoms with van der Waals surface area (Å²) in [4.78, 5) is 0. The van der Waals surface area contributed by atoms with E-state index in [-0.39, 0.29) is 10.0 Å². The maximum Gasteiger partial charge on any atom is 0.195 e. The van der Waals surface area contributed by atoms with Gasteiger partial charge in [0.25, 0.3) is 0 Å². The number of hydrogen-bond donors (Lipinski definition) is 1. The van der Waals surface area contributed by atoms with Crippen molar-refractivity contribution in [3.05, 3.63) is 33.6 Å². The minimum Gasteiger partial charge on any atom is -0.392 e. The average Bonchev–Trinajstić information content (AvgIpc) is 2.08. The molecule has 0 aliphatic rings. The first-order valence-corrected chi connectivity index (χ1v) is 3.80. The second kappa shape index (κ2) is 3.45. The topological polar surface area (TPSA) is 20.2 Å². The van der Waals surface area contributed by atoms with E-state index in [1.165, 1.54) is 0 Å². The molecule has 5 heteroatoms. The molecule has 1 aromatic rings. The van der Waals surface area contributed by atoms with Crippen LogP contribution < -0.4 is 0 Å². The second-order valence-corrected chi connectivity index (χ2v) is 2.91. The smallest absolute Gasteiger partial charge is 0.195 e. The molecule has 0 amide bonds. The monoisotopic (exact) mass is 240 g/mol. The van der Waals surface area contributed by atoms with Crippen LogP contribution in [0.25, 0.3) is 0 Å². The van der Waals surface area contributed by atoms with Gasteiger partial charge in [0, 0.05) is 0 Å². The summed E-state index contributed by atoms with van der Waals surface area (Å²) in [6.07, 6.45) is 0. The summed E-state index contributed by atoms with van der Waals surface area (Å²) in [5, 5.41) is 8.57. The van der Waals surface area contributed by atoms with E-state index < -0.39 is 24.1 Å². The van der Waals surface area contributed by atoms with Gasteiger partial charge in [0.2, 0.25) is 0 Å². The largest absolute Gasteiger partial charge is 0.392 e. The molecule has 0 aliphatic heterocycles. The lowest BCUT2D eigenvalue weighted by molar-refractivity contribution is 0.278. The Balaban J connectivity index is 3.39. The zero-order valence-electron chi connectivity index (χ0n) is 5.74. The van der Waals surface area contributed by atoms with Gasteiger partial charge < -0.3 is 5.11 Å². The van der Waals surface area contributed by atoms with Gasteiger partial charge in [-0.25, -0.2) is 13.2 Å². The Hall–Kier alpha value is -0.550. The summed E-state index contributed by atoms with van der Waals surface area (Å²) in [5.74, 6) is -4.17. The molecule has 0 heterocycles. The predicted molar refractivity (Wildman–Crippen MR) is 39.9 cm³/mol. The van der Waals surface area contributed by atoms with Crippen molar-refractivity contribution in [2.24, 2.45) is 0 Å². The summed E-state index contributed by atoms with van der Waals surface area (Å²) in [5.41, 5.74) is -0.0219.